The Kier molecular flexibility index (Phi) is 5.61. The van der Waals surface area contributed by atoms with Crippen molar-refractivity contribution in [2.75, 3.05) is 0 Å². The molecule has 0 aliphatic heterocycles. The van der Waals surface area contributed by atoms with E-state index in [9.17, 15) is 0 Å². The second kappa shape index (κ2) is 7.45. The first kappa shape index (κ1) is 15.8. The molecule has 2 aromatic rings. The van der Waals surface area contributed by atoms with Crippen molar-refractivity contribution < 1.29 is 4.74 Å². The molecule has 0 aliphatic rings. The fourth-order valence-electron chi connectivity index (χ4n) is 2.21. The van der Waals surface area contributed by atoms with Gasteiger partial charge in [0.25, 0.3) is 0 Å². The number of nitrogens with two attached hydrogens (primary N) is 1. The van der Waals surface area contributed by atoms with E-state index in [2.05, 4.69) is 10.4 Å². The zero-order valence-corrected chi connectivity index (χ0v) is 13.0. The molecule has 0 saturated heterocycles. The smallest absolute Gasteiger partial charge is 0.121 e. The molecule has 0 amide bonds. The summed E-state index contributed by atoms with van der Waals surface area (Å²) in [4.78, 5) is 4.31. The van der Waals surface area contributed by atoms with Gasteiger partial charge in [-0.25, -0.2) is 4.98 Å². The predicted octanol–water partition coefficient (Wildman–Crippen LogP) is 2.31. The number of aryl methyl sites for hydroxylation is 2. The van der Waals surface area contributed by atoms with Crippen LogP contribution < -0.4 is 16.0 Å². The highest BCUT2D eigenvalue weighted by Crippen LogP contribution is 2.19. The van der Waals surface area contributed by atoms with Crippen LogP contribution in [0.4, 0.5) is 0 Å². The Morgan fingerprint density at radius 2 is 2.29 bits per heavy atom. The summed E-state index contributed by atoms with van der Waals surface area (Å²) < 4.78 is 7.90. The van der Waals surface area contributed by atoms with Crippen LogP contribution in [0.2, 0.25) is 5.02 Å². The number of aromatic nitrogens is 2. The standard InChI is InChI=1S/C15H21ClN4O/c1-11(21-13-5-3-4-12(16)10-13)14(19-17)6-7-15-18-8-9-20(15)2/h3-5,8-11,14,19H,6-7,17H2,1-2H3. The maximum atomic E-state index is 5.96. The molecule has 1 heterocycles. The van der Waals surface area contributed by atoms with Crippen molar-refractivity contribution in [1.82, 2.24) is 15.0 Å². The summed E-state index contributed by atoms with van der Waals surface area (Å²) in [5.74, 6) is 7.43. The van der Waals surface area contributed by atoms with Crippen molar-refractivity contribution >= 4 is 11.6 Å². The molecule has 1 aromatic heterocycles. The number of ether oxygens (including phenoxy) is 1. The van der Waals surface area contributed by atoms with E-state index in [1.54, 1.807) is 12.3 Å². The third kappa shape index (κ3) is 4.46. The maximum absolute atomic E-state index is 5.96. The summed E-state index contributed by atoms with van der Waals surface area (Å²) in [6.45, 7) is 1.99. The van der Waals surface area contributed by atoms with Crippen LogP contribution in [0, 0.1) is 0 Å². The summed E-state index contributed by atoms with van der Waals surface area (Å²) in [6, 6.07) is 7.39. The van der Waals surface area contributed by atoms with Gasteiger partial charge in [-0.15, -0.1) is 0 Å². The maximum Gasteiger partial charge on any atom is 0.121 e. The number of nitrogens with one attached hydrogen (secondary N) is 1. The number of imidazole rings is 1. The molecule has 6 heteroatoms. The molecule has 0 spiro atoms. The first-order valence-electron chi connectivity index (χ1n) is 6.94. The molecule has 2 unspecified atom stereocenters. The first-order chi connectivity index (χ1) is 10.1. The third-order valence-electron chi connectivity index (χ3n) is 3.50. The lowest BCUT2D eigenvalue weighted by atomic mass is 10.1. The summed E-state index contributed by atoms with van der Waals surface area (Å²) in [6.07, 6.45) is 5.33. The lowest BCUT2D eigenvalue weighted by Crippen LogP contribution is -2.45. The minimum atomic E-state index is -0.0752. The minimum Gasteiger partial charge on any atom is -0.489 e. The number of rotatable bonds is 7. The Morgan fingerprint density at radius 1 is 1.48 bits per heavy atom. The molecule has 0 bridgehead atoms. The van der Waals surface area contributed by atoms with Gasteiger partial charge in [0, 0.05) is 30.9 Å². The van der Waals surface area contributed by atoms with Crippen LogP contribution >= 0.6 is 11.6 Å². The molecule has 2 rings (SSSR count). The van der Waals surface area contributed by atoms with E-state index in [0.29, 0.717) is 5.02 Å². The Morgan fingerprint density at radius 3 is 2.90 bits per heavy atom. The fraction of sp³-hybridized carbons (Fsp3) is 0.400. The molecular weight excluding hydrogens is 288 g/mol. The molecule has 0 fully saturated rings. The zero-order valence-electron chi connectivity index (χ0n) is 12.3. The summed E-state index contributed by atoms with van der Waals surface area (Å²) in [5, 5.41) is 0.657. The molecule has 0 aliphatic carbocycles. The Bertz CT molecular complexity index is 572. The van der Waals surface area contributed by atoms with E-state index in [0.717, 1.165) is 24.4 Å². The number of nitrogens with zero attached hydrogens (tertiary/aromatic N) is 2. The van der Waals surface area contributed by atoms with E-state index in [-0.39, 0.29) is 12.1 Å². The van der Waals surface area contributed by atoms with Crippen molar-refractivity contribution in [2.24, 2.45) is 12.9 Å². The average Bonchev–Trinajstić information content (AvgIpc) is 2.85. The molecule has 0 saturated carbocycles. The second-order valence-corrected chi connectivity index (χ2v) is 5.48. The van der Waals surface area contributed by atoms with Crippen LogP contribution in [0.25, 0.3) is 0 Å². The number of hydrogen-bond acceptors (Lipinski definition) is 4. The van der Waals surface area contributed by atoms with Gasteiger partial charge in [0.1, 0.15) is 17.7 Å². The number of halogens is 1. The Balaban J connectivity index is 1.92. The summed E-state index contributed by atoms with van der Waals surface area (Å²) in [7, 11) is 1.99. The minimum absolute atomic E-state index is 0.0284. The monoisotopic (exact) mass is 308 g/mol. The zero-order chi connectivity index (χ0) is 15.2. The Hall–Kier alpha value is -1.56. The van der Waals surface area contributed by atoms with Gasteiger partial charge in [-0.1, -0.05) is 17.7 Å². The highest BCUT2D eigenvalue weighted by Gasteiger charge is 2.18. The van der Waals surface area contributed by atoms with Crippen LogP contribution in [0.5, 0.6) is 5.75 Å². The van der Waals surface area contributed by atoms with Gasteiger partial charge in [0.15, 0.2) is 0 Å². The molecule has 114 valence electrons. The third-order valence-corrected chi connectivity index (χ3v) is 3.73. The SMILES string of the molecule is CC(Oc1cccc(Cl)c1)C(CCc1nccn1C)NN. The van der Waals surface area contributed by atoms with E-state index >= 15 is 0 Å². The molecule has 0 radical (unpaired) electrons. The average molecular weight is 309 g/mol. The molecule has 3 N–H and O–H groups in total. The highest BCUT2D eigenvalue weighted by atomic mass is 35.5. The number of hydrogen-bond donors (Lipinski definition) is 2. The molecule has 21 heavy (non-hydrogen) atoms. The molecule has 1 aromatic carbocycles. The van der Waals surface area contributed by atoms with E-state index in [1.807, 2.05) is 42.9 Å². The van der Waals surface area contributed by atoms with Crippen LogP contribution in [0.15, 0.2) is 36.7 Å². The second-order valence-electron chi connectivity index (χ2n) is 5.05. The predicted molar refractivity (Wildman–Crippen MR) is 84.2 cm³/mol. The Labute approximate surface area is 130 Å². The summed E-state index contributed by atoms with van der Waals surface area (Å²) >= 11 is 5.96. The van der Waals surface area contributed by atoms with Gasteiger partial charge < -0.3 is 9.30 Å². The largest absolute Gasteiger partial charge is 0.489 e. The van der Waals surface area contributed by atoms with Crippen molar-refractivity contribution in [1.29, 1.82) is 0 Å². The summed E-state index contributed by atoms with van der Waals surface area (Å²) in [5.41, 5.74) is 2.82. The number of hydrazine groups is 1. The van der Waals surface area contributed by atoms with Gasteiger partial charge in [0.2, 0.25) is 0 Å². The topological polar surface area (TPSA) is 65.1 Å². The van der Waals surface area contributed by atoms with Gasteiger partial charge in [0.05, 0.1) is 6.04 Å². The molecule has 5 nitrogen and oxygen atoms in total. The van der Waals surface area contributed by atoms with Crippen LogP contribution in [-0.4, -0.2) is 21.7 Å². The molecular formula is C15H21ClN4O. The lowest BCUT2D eigenvalue weighted by Gasteiger charge is -2.24. The fourth-order valence-corrected chi connectivity index (χ4v) is 2.39. The van der Waals surface area contributed by atoms with Crippen molar-refractivity contribution in [3.8, 4) is 5.75 Å². The van der Waals surface area contributed by atoms with Crippen LogP contribution in [0.1, 0.15) is 19.2 Å². The first-order valence-corrected chi connectivity index (χ1v) is 7.32. The van der Waals surface area contributed by atoms with Crippen LogP contribution in [0.3, 0.4) is 0 Å². The van der Waals surface area contributed by atoms with Crippen molar-refractivity contribution in [3.05, 3.63) is 47.5 Å². The van der Waals surface area contributed by atoms with E-state index in [1.165, 1.54) is 0 Å². The van der Waals surface area contributed by atoms with E-state index in [4.69, 9.17) is 22.2 Å². The van der Waals surface area contributed by atoms with Gasteiger partial charge in [-0.05, 0) is 31.5 Å². The van der Waals surface area contributed by atoms with Crippen molar-refractivity contribution in [2.45, 2.75) is 31.9 Å². The normalized spacial score (nSPS) is 13.9. The lowest BCUT2D eigenvalue weighted by molar-refractivity contribution is 0.164. The van der Waals surface area contributed by atoms with E-state index < -0.39 is 0 Å². The molecule has 2 atom stereocenters. The van der Waals surface area contributed by atoms with Gasteiger partial charge >= 0.3 is 0 Å². The van der Waals surface area contributed by atoms with Crippen molar-refractivity contribution in [3.63, 3.8) is 0 Å². The quantitative estimate of drug-likeness (QED) is 0.608. The van der Waals surface area contributed by atoms with Gasteiger partial charge in [-0.3, -0.25) is 11.3 Å². The van der Waals surface area contributed by atoms with Gasteiger partial charge in [-0.2, -0.15) is 0 Å². The van der Waals surface area contributed by atoms with Crippen LogP contribution in [-0.2, 0) is 13.5 Å². The highest BCUT2D eigenvalue weighted by molar-refractivity contribution is 6.30. The number of benzene rings is 1.